The molecule has 6 heteroatoms. The molecule has 2 aromatic rings. The topological polar surface area (TPSA) is 54.9 Å². The van der Waals surface area contributed by atoms with Gasteiger partial charge in [0.15, 0.2) is 11.5 Å². The van der Waals surface area contributed by atoms with Crippen molar-refractivity contribution in [1.82, 2.24) is 14.8 Å². The molecule has 2 aliphatic rings. The second-order valence-corrected chi connectivity index (χ2v) is 9.37. The lowest BCUT2D eigenvalue weighted by atomic mass is 9.88. The Hall–Kier alpha value is -2.60. The fraction of sp³-hybridized carbons (Fsp3) is 0.520. The fourth-order valence-electron chi connectivity index (χ4n) is 4.23. The molecular formula is C25H33N3O3. The number of hydrogen-bond donors (Lipinski definition) is 0. The van der Waals surface area contributed by atoms with Crippen LogP contribution in [0.25, 0.3) is 0 Å². The molecule has 1 aromatic heterocycles. The quantitative estimate of drug-likeness (QED) is 0.712. The van der Waals surface area contributed by atoms with Crippen molar-refractivity contribution in [1.29, 1.82) is 0 Å². The molecule has 0 N–H and O–H groups in total. The summed E-state index contributed by atoms with van der Waals surface area (Å²) in [5, 5.41) is 0. The van der Waals surface area contributed by atoms with Gasteiger partial charge >= 0.3 is 0 Å². The Morgan fingerprint density at radius 3 is 2.61 bits per heavy atom. The summed E-state index contributed by atoms with van der Waals surface area (Å²) >= 11 is 0. The Balaban J connectivity index is 1.60. The minimum Gasteiger partial charge on any atom is -0.489 e. The van der Waals surface area contributed by atoms with Crippen LogP contribution in [0.4, 0.5) is 0 Å². The number of likely N-dealkylation sites (tertiary alicyclic amines) is 1. The van der Waals surface area contributed by atoms with Crippen molar-refractivity contribution in [2.45, 2.75) is 46.1 Å². The number of para-hydroxylation sites is 2. The maximum absolute atomic E-state index is 12.9. The van der Waals surface area contributed by atoms with E-state index in [1.807, 2.05) is 41.3 Å². The first-order chi connectivity index (χ1) is 15.0. The van der Waals surface area contributed by atoms with Crippen molar-refractivity contribution < 1.29 is 14.3 Å². The van der Waals surface area contributed by atoms with Gasteiger partial charge in [-0.15, -0.1) is 0 Å². The normalized spacial score (nSPS) is 19.6. The highest BCUT2D eigenvalue weighted by Gasteiger charge is 2.24. The number of ether oxygens (including phenoxy) is 2. The Kier molecular flexibility index (Phi) is 6.76. The summed E-state index contributed by atoms with van der Waals surface area (Å²) in [7, 11) is 0. The van der Waals surface area contributed by atoms with Crippen molar-refractivity contribution >= 4 is 5.91 Å². The number of carbonyl (C=O) groups excluding carboxylic acids is 1. The van der Waals surface area contributed by atoms with Crippen LogP contribution in [0.2, 0.25) is 0 Å². The monoisotopic (exact) mass is 423 g/mol. The molecule has 0 spiro atoms. The number of rotatable bonds is 2. The Morgan fingerprint density at radius 2 is 1.81 bits per heavy atom. The SMILES string of the molecule is CC1(C)CCCN(CC(=O)N2CCCC2)Cc2cccnc2Oc2ccccc2OC1. The summed E-state index contributed by atoms with van der Waals surface area (Å²) in [4.78, 5) is 21.6. The van der Waals surface area contributed by atoms with E-state index in [0.29, 0.717) is 31.3 Å². The third kappa shape index (κ3) is 5.76. The first-order valence-electron chi connectivity index (χ1n) is 11.3. The molecule has 0 radical (unpaired) electrons. The summed E-state index contributed by atoms with van der Waals surface area (Å²) in [5.74, 6) is 2.18. The highest BCUT2D eigenvalue weighted by molar-refractivity contribution is 5.78. The molecule has 1 aromatic carbocycles. The summed E-state index contributed by atoms with van der Waals surface area (Å²) in [6, 6.07) is 11.7. The van der Waals surface area contributed by atoms with Crippen LogP contribution in [-0.2, 0) is 11.3 Å². The molecule has 1 saturated heterocycles. The van der Waals surface area contributed by atoms with Gasteiger partial charge in [-0.1, -0.05) is 32.0 Å². The van der Waals surface area contributed by atoms with E-state index < -0.39 is 0 Å². The molecule has 31 heavy (non-hydrogen) atoms. The van der Waals surface area contributed by atoms with Gasteiger partial charge in [0.1, 0.15) is 0 Å². The van der Waals surface area contributed by atoms with E-state index >= 15 is 0 Å². The van der Waals surface area contributed by atoms with E-state index in [2.05, 4.69) is 23.7 Å². The molecule has 3 heterocycles. The summed E-state index contributed by atoms with van der Waals surface area (Å²) < 4.78 is 12.4. The number of aromatic nitrogens is 1. The van der Waals surface area contributed by atoms with Crippen LogP contribution < -0.4 is 9.47 Å². The fourth-order valence-corrected chi connectivity index (χ4v) is 4.23. The number of amides is 1. The lowest BCUT2D eigenvalue weighted by Gasteiger charge is -2.28. The zero-order valence-electron chi connectivity index (χ0n) is 18.7. The average Bonchev–Trinajstić information content (AvgIpc) is 3.29. The second-order valence-electron chi connectivity index (χ2n) is 9.37. The molecule has 6 nitrogen and oxygen atoms in total. The third-order valence-electron chi connectivity index (χ3n) is 6.06. The number of pyridine rings is 1. The van der Waals surface area contributed by atoms with Gasteiger partial charge in [0.25, 0.3) is 0 Å². The van der Waals surface area contributed by atoms with Crippen LogP contribution >= 0.6 is 0 Å². The number of carbonyl (C=O) groups is 1. The van der Waals surface area contributed by atoms with Gasteiger partial charge in [-0.3, -0.25) is 9.69 Å². The van der Waals surface area contributed by atoms with Gasteiger partial charge < -0.3 is 14.4 Å². The molecular weight excluding hydrogens is 390 g/mol. The van der Waals surface area contributed by atoms with Crippen LogP contribution in [0.1, 0.15) is 45.1 Å². The maximum Gasteiger partial charge on any atom is 0.236 e. The van der Waals surface area contributed by atoms with Crippen molar-refractivity contribution in [2.24, 2.45) is 5.41 Å². The Labute approximate surface area is 185 Å². The van der Waals surface area contributed by atoms with Crippen LogP contribution in [0.3, 0.4) is 0 Å². The number of benzene rings is 1. The summed E-state index contributed by atoms with van der Waals surface area (Å²) in [6.45, 7) is 8.75. The van der Waals surface area contributed by atoms with Crippen LogP contribution in [0.15, 0.2) is 42.6 Å². The molecule has 1 amide bonds. The molecule has 0 atom stereocenters. The lowest BCUT2D eigenvalue weighted by molar-refractivity contribution is -0.131. The minimum absolute atomic E-state index is 0.0247. The zero-order chi connectivity index (χ0) is 21.7. The van der Waals surface area contributed by atoms with Gasteiger partial charge in [0.05, 0.1) is 13.2 Å². The highest BCUT2D eigenvalue weighted by Crippen LogP contribution is 2.34. The van der Waals surface area contributed by atoms with E-state index in [1.165, 1.54) is 0 Å². The molecule has 4 rings (SSSR count). The smallest absolute Gasteiger partial charge is 0.236 e. The van der Waals surface area contributed by atoms with E-state index in [4.69, 9.17) is 9.47 Å². The zero-order valence-corrected chi connectivity index (χ0v) is 18.7. The summed E-state index contributed by atoms with van der Waals surface area (Å²) in [6.07, 6.45) is 5.98. The number of hydrogen-bond acceptors (Lipinski definition) is 5. The first-order valence-corrected chi connectivity index (χ1v) is 11.3. The molecule has 0 bridgehead atoms. The van der Waals surface area contributed by atoms with Crippen LogP contribution in [0.5, 0.6) is 17.4 Å². The standard InChI is InChI=1S/C25H33N3O3/c1-25(2)12-8-14-27(18-23(29)28-15-5-6-16-28)17-20-9-7-13-26-24(20)31-22-11-4-3-10-21(22)30-19-25/h3-4,7,9-11,13H,5-6,8,12,14-19H2,1-2H3. The predicted molar refractivity (Wildman–Crippen MR) is 120 cm³/mol. The summed E-state index contributed by atoms with van der Waals surface area (Å²) in [5.41, 5.74) is 1.00. The average molecular weight is 424 g/mol. The van der Waals surface area contributed by atoms with Crippen molar-refractivity contribution in [3.05, 3.63) is 48.2 Å². The molecule has 0 unspecified atom stereocenters. The molecule has 2 aliphatic heterocycles. The van der Waals surface area contributed by atoms with Gasteiger partial charge in [-0.25, -0.2) is 4.98 Å². The molecule has 0 saturated carbocycles. The van der Waals surface area contributed by atoms with Gasteiger partial charge in [-0.2, -0.15) is 0 Å². The first kappa shape index (κ1) is 21.6. The van der Waals surface area contributed by atoms with E-state index in [-0.39, 0.29) is 11.3 Å². The van der Waals surface area contributed by atoms with Crippen LogP contribution in [-0.4, -0.2) is 53.5 Å². The highest BCUT2D eigenvalue weighted by atomic mass is 16.5. The van der Waals surface area contributed by atoms with Crippen molar-refractivity contribution in [2.75, 3.05) is 32.8 Å². The Bertz CT molecular complexity index is 893. The second kappa shape index (κ2) is 9.69. The largest absolute Gasteiger partial charge is 0.489 e. The lowest BCUT2D eigenvalue weighted by Crippen LogP contribution is -2.39. The van der Waals surface area contributed by atoms with E-state index in [0.717, 1.165) is 56.6 Å². The predicted octanol–water partition coefficient (Wildman–Crippen LogP) is 4.50. The molecule has 0 aliphatic carbocycles. The molecule has 1 fully saturated rings. The van der Waals surface area contributed by atoms with Crippen LogP contribution in [0, 0.1) is 5.41 Å². The van der Waals surface area contributed by atoms with Gasteiger partial charge in [-0.05, 0) is 55.8 Å². The van der Waals surface area contributed by atoms with Crippen molar-refractivity contribution in [3.63, 3.8) is 0 Å². The number of fused-ring (bicyclic) bond motifs is 2. The third-order valence-corrected chi connectivity index (χ3v) is 6.06. The molecule has 166 valence electrons. The maximum atomic E-state index is 12.9. The Morgan fingerprint density at radius 1 is 1.03 bits per heavy atom. The van der Waals surface area contributed by atoms with E-state index in [1.54, 1.807) is 6.20 Å². The number of nitrogens with zero attached hydrogens (tertiary/aromatic N) is 3. The van der Waals surface area contributed by atoms with Gasteiger partial charge in [0.2, 0.25) is 11.8 Å². The minimum atomic E-state index is 0.0247. The van der Waals surface area contributed by atoms with Crippen molar-refractivity contribution in [3.8, 4) is 17.4 Å². The van der Waals surface area contributed by atoms with Gasteiger partial charge in [0, 0.05) is 31.4 Å². The van der Waals surface area contributed by atoms with E-state index in [9.17, 15) is 4.79 Å².